The molecule has 4 nitrogen and oxygen atoms in total. The molecule has 0 aliphatic heterocycles. The number of aryl methyl sites for hydroxylation is 1. The van der Waals surface area contributed by atoms with Gasteiger partial charge in [0.05, 0.1) is 18.6 Å². The quantitative estimate of drug-likeness (QED) is 0.858. The van der Waals surface area contributed by atoms with E-state index < -0.39 is 5.97 Å². The smallest absolute Gasteiger partial charge is 0.313 e. The molecule has 0 radical (unpaired) electrons. The summed E-state index contributed by atoms with van der Waals surface area (Å²) < 4.78 is 5.90. The monoisotopic (exact) mass is 295 g/mol. The van der Waals surface area contributed by atoms with Gasteiger partial charge in [-0.2, -0.15) is 0 Å². The van der Waals surface area contributed by atoms with Gasteiger partial charge in [-0.05, 0) is 31.2 Å². The first-order valence-corrected chi connectivity index (χ1v) is 7.37. The van der Waals surface area contributed by atoms with Crippen molar-refractivity contribution in [2.75, 3.05) is 12.9 Å². The highest BCUT2D eigenvalue weighted by Crippen LogP contribution is 2.33. The molecule has 2 aromatic rings. The maximum absolute atomic E-state index is 10.5. The van der Waals surface area contributed by atoms with Gasteiger partial charge in [0.1, 0.15) is 5.75 Å². The second kappa shape index (κ2) is 6.08. The summed E-state index contributed by atoms with van der Waals surface area (Å²) in [5, 5.41) is 8.67. The van der Waals surface area contributed by atoms with Crippen molar-refractivity contribution in [3.8, 4) is 17.0 Å². The Labute approximate surface area is 119 Å². The van der Waals surface area contributed by atoms with E-state index in [1.165, 1.54) is 23.1 Å². The molecule has 0 spiro atoms. The maximum Gasteiger partial charge on any atom is 0.313 e. The van der Waals surface area contributed by atoms with Crippen molar-refractivity contribution in [3.63, 3.8) is 0 Å². The number of carboxylic acid groups (broad SMARTS) is 1. The molecule has 2 rings (SSSR count). The molecule has 1 aromatic carbocycles. The first-order valence-electron chi connectivity index (χ1n) is 5.56. The topological polar surface area (TPSA) is 59.4 Å². The van der Waals surface area contributed by atoms with Gasteiger partial charge in [-0.3, -0.25) is 4.79 Å². The average molecular weight is 295 g/mol. The van der Waals surface area contributed by atoms with Gasteiger partial charge in [-0.1, -0.05) is 11.8 Å². The molecule has 100 valence electrons. The van der Waals surface area contributed by atoms with E-state index in [2.05, 4.69) is 4.98 Å². The number of benzene rings is 1. The Kier molecular flexibility index (Phi) is 4.44. The van der Waals surface area contributed by atoms with Gasteiger partial charge < -0.3 is 9.84 Å². The summed E-state index contributed by atoms with van der Waals surface area (Å²) in [4.78, 5) is 16.1. The number of thioether (sulfide) groups is 1. The zero-order chi connectivity index (χ0) is 13.8. The van der Waals surface area contributed by atoms with Crippen LogP contribution >= 0.6 is 23.1 Å². The SMILES string of the molecule is COc1ccc(-c2nc(SCC(=O)O)sc2C)cc1. The van der Waals surface area contributed by atoms with Crippen molar-refractivity contribution in [2.45, 2.75) is 11.3 Å². The van der Waals surface area contributed by atoms with Gasteiger partial charge in [-0.15, -0.1) is 11.3 Å². The van der Waals surface area contributed by atoms with Crippen LogP contribution in [0, 0.1) is 6.92 Å². The molecule has 19 heavy (non-hydrogen) atoms. The van der Waals surface area contributed by atoms with Crippen LogP contribution in [0.5, 0.6) is 5.75 Å². The van der Waals surface area contributed by atoms with Crippen LogP contribution in [0.2, 0.25) is 0 Å². The van der Waals surface area contributed by atoms with Crippen LogP contribution in [-0.2, 0) is 4.79 Å². The lowest BCUT2D eigenvalue weighted by Crippen LogP contribution is -1.96. The number of methoxy groups -OCH3 is 1. The van der Waals surface area contributed by atoms with Crippen LogP contribution in [0.25, 0.3) is 11.3 Å². The molecule has 0 fully saturated rings. The second-order valence-corrected chi connectivity index (χ2v) is 6.22. The van der Waals surface area contributed by atoms with Gasteiger partial charge in [0.15, 0.2) is 4.34 Å². The highest BCUT2D eigenvalue weighted by atomic mass is 32.2. The third kappa shape index (κ3) is 3.48. The van der Waals surface area contributed by atoms with E-state index in [4.69, 9.17) is 9.84 Å². The molecular formula is C13H13NO3S2. The zero-order valence-corrected chi connectivity index (χ0v) is 12.2. The predicted molar refractivity (Wildman–Crippen MR) is 77.2 cm³/mol. The molecule has 0 aliphatic rings. The standard InChI is InChI=1S/C13H13NO3S2/c1-8-12(9-3-5-10(17-2)6-4-9)14-13(19-8)18-7-11(15)16/h3-6H,7H2,1-2H3,(H,15,16). The predicted octanol–water partition coefficient (Wildman–Crippen LogP) is 3.30. The number of aromatic nitrogens is 1. The third-order valence-corrected chi connectivity index (χ3v) is 4.56. The van der Waals surface area contributed by atoms with E-state index in [0.29, 0.717) is 0 Å². The molecule has 1 N–H and O–H groups in total. The Balaban J connectivity index is 2.21. The lowest BCUT2D eigenvalue weighted by Gasteiger charge is -2.01. The normalized spacial score (nSPS) is 10.4. The number of rotatable bonds is 5. The summed E-state index contributed by atoms with van der Waals surface area (Å²) in [6.07, 6.45) is 0. The molecule has 1 aromatic heterocycles. The van der Waals surface area contributed by atoms with Gasteiger partial charge in [-0.25, -0.2) is 4.98 Å². The molecule has 0 aliphatic carbocycles. The van der Waals surface area contributed by atoms with E-state index in [1.807, 2.05) is 31.2 Å². The van der Waals surface area contributed by atoms with E-state index in [9.17, 15) is 4.79 Å². The second-order valence-electron chi connectivity index (χ2n) is 3.80. The van der Waals surface area contributed by atoms with E-state index in [0.717, 1.165) is 26.2 Å². The summed E-state index contributed by atoms with van der Waals surface area (Å²) >= 11 is 2.77. The first-order chi connectivity index (χ1) is 9.10. The van der Waals surface area contributed by atoms with Crippen LogP contribution in [0.4, 0.5) is 0 Å². The Bertz CT molecular complexity index is 578. The maximum atomic E-state index is 10.5. The molecule has 0 atom stereocenters. The van der Waals surface area contributed by atoms with E-state index in [1.54, 1.807) is 7.11 Å². The number of ether oxygens (including phenoxy) is 1. The van der Waals surface area contributed by atoms with Gasteiger partial charge in [0.25, 0.3) is 0 Å². The summed E-state index contributed by atoms with van der Waals surface area (Å²) in [5.41, 5.74) is 1.91. The highest BCUT2D eigenvalue weighted by molar-refractivity contribution is 8.01. The first kappa shape index (κ1) is 13.9. The number of hydrogen-bond donors (Lipinski definition) is 1. The van der Waals surface area contributed by atoms with Crippen molar-refractivity contribution in [3.05, 3.63) is 29.1 Å². The Morgan fingerprint density at radius 2 is 2.11 bits per heavy atom. The summed E-state index contributed by atoms with van der Waals surface area (Å²) in [5.74, 6) is 0.00982. The van der Waals surface area contributed by atoms with Gasteiger partial charge in [0.2, 0.25) is 0 Å². The summed E-state index contributed by atoms with van der Waals surface area (Å²) in [6, 6.07) is 7.68. The number of nitrogens with zero attached hydrogens (tertiary/aromatic N) is 1. The Hall–Kier alpha value is -1.53. The van der Waals surface area contributed by atoms with Gasteiger partial charge >= 0.3 is 5.97 Å². The largest absolute Gasteiger partial charge is 0.497 e. The lowest BCUT2D eigenvalue weighted by molar-refractivity contribution is -0.133. The van der Waals surface area contributed by atoms with Gasteiger partial charge in [0, 0.05) is 10.4 Å². The van der Waals surface area contributed by atoms with E-state index >= 15 is 0 Å². The van der Waals surface area contributed by atoms with Crippen LogP contribution in [0.3, 0.4) is 0 Å². The van der Waals surface area contributed by atoms with Crippen LogP contribution < -0.4 is 4.74 Å². The Morgan fingerprint density at radius 1 is 1.42 bits per heavy atom. The molecule has 0 amide bonds. The molecule has 1 heterocycles. The summed E-state index contributed by atoms with van der Waals surface area (Å²) in [6.45, 7) is 1.99. The minimum atomic E-state index is -0.830. The van der Waals surface area contributed by atoms with Crippen LogP contribution in [-0.4, -0.2) is 28.9 Å². The van der Waals surface area contributed by atoms with Crippen molar-refractivity contribution < 1.29 is 14.6 Å². The minimum Gasteiger partial charge on any atom is -0.497 e. The van der Waals surface area contributed by atoms with Crippen molar-refractivity contribution in [1.29, 1.82) is 0 Å². The van der Waals surface area contributed by atoms with Crippen molar-refractivity contribution in [2.24, 2.45) is 0 Å². The average Bonchev–Trinajstić information content (AvgIpc) is 2.78. The Morgan fingerprint density at radius 3 is 2.68 bits per heavy atom. The lowest BCUT2D eigenvalue weighted by atomic mass is 10.1. The molecule has 0 unspecified atom stereocenters. The third-order valence-electron chi connectivity index (χ3n) is 2.46. The number of hydrogen-bond acceptors (Lipinski definition) is 5. The van der Waals surface area contributed by atoms with Crippen molar-refractivity contribution >= 4 is 29.1 Å². The zero-order valence-electron chi connectivity index (χ0n) is 10.5. The number of carboxylic acids is 1. The fourth-order valence-corrected chi connectivity index (χ4v) is 3.42. The molecule has 0 saturated carbocycles. The number of thiazole rings is 1. The van der Waals surface area contributed by atoms with Crippen molar-refractivity contribution in [1.82, 2.24) is 4.98 Å². The minimum absolute atomic E-state index is 0.0367. The van der Waals surface area contributed by atoms with E-state index in [-0.39, 0.29) is 5.75 Å². The molecule has 0 saturated heterocycles. The fourth-order valence-electron chi connectivity index (χ4n) is 1.57. The fraction of sp³-hybridized carbons (Fsp3) is 0.231. The molecule has 6 heteroatoms. The van der Waals surface area contributed by atoms with Crippen LogP contribution in [0.15, 0.2) is 28.6 Å². The summed E-state index contributed by atoms with van der Waals surface area (Å²) in [7, 11) is 1.63. The number of carbonyl (C=O) groups is 1. The van der Waals surface area contributed by atoms with Crippen LogP contribution in [0.1, 0.15) is 4.88 Å². The number of aliphatic carboxylic acids is 1. The molecular weight excluding hydrogens is 282 g/mol. The molecule has 0 bridgehead atoms. The highest BCUT2D eigenvalue weighted by Gasteiger charge is 2.11.